The van der Waals surface area contributed by atoms with E-state index in [1.54, 1.807) is 0 Å². The fraction of sp³-hybridized carbons (Fsp3) is 0.625. The van der Waals surface area contributed by atoms with Gasteiger partial charge in [-0.1, -0.05) is 63.3 Å². The van der Waals surface area contributed by atoms with Crippen LogP contribution in [0.4, 0.5) is 0 Å². The highest BCUT2D eigenvalue weighted by molar-refractivity contribution is 6.74. The molecular weight excluding hydrogens is 380 g/mol. The first kappa shape index (κ1) is 22.3. The highest BCUT2D eigenvalue weighted by atomic mass is 28.4. The third-order valence-corrected chi connectivity index (χ3v) is 11.4. The number of benzene rings is 1. The first-order valence-electron chi connectivity index (χ1n) is 10.8. The lowest BCUT2D eigenvalue weighted by molar-refractivity contribution is -0.141. The molecular formula is C24H36O4Si. The molecule has 29 heavy (non-hydrogen) atoms. The van der Waals surface area contributed by atoms with E-state index in [2.05, 4.69) is 52.1 Å². The molecule has 4 nitrogen and oxygen atoms in total. The molecule has 1 saturated carbocycles. The minimum atomic E-state index is -1.93. The third-order valence-electron chi connectivity index (χ3n) is 6.93. The fourth-order valence-electron chi connectivity index (χ4n) is 4.16. The number of aliphatic hydroxyl groups is 1. The molecule has 0 bridgehead atoms. The van der Waals surface area contributed by atoms with Crippen LogP contribution in [0.2, 0.25) is 18.1 Å². The standard InChI is InChI=1S/C24H36O4Si/c1-24(2,3)29(4,5)28-22-16-21-20(15-23(26)27-21)19(22)14-13-18(25)12-11-17-9-7-6-8-10-17/h6-10,13-14,18-22,25H,11-12,15-16H2,1-5H3/b14-13+/t18-,19+,20+,21-,22+/m0/s1. The Morgan fingerprint density at radius 3 is 2.62 bits per heavy atom. The van der Waals surface area contributed by atoms with Gasteiger partial charge in [0.1, 0.15) is 6.10 Å². The second-order valence-corrected chi connectivity index (χ2v) is 14.9. The Balaban J connectivity index is 1.67. The van der Waals surface area contributed by atoms with Gasteiger partial charge >= 0.3 is 5.97 Å². The van der Waals surface area contributed by atoms with Gasteiger partial charge in [0.25, 0.3) is 0 Å². The predicted molar refractivity (Wildman–Crippen MR) is 118 cm³/mol. The van der Waals surface area contributed by atoms with Crippen molar-refractivity contribution in [3.8, 4) is 0 Å². The molecule has 1 saturated heterocycles. The molecule has 1 aromatic carbocycles. The highest BCUT2D eigenvalue weighted by Gasteiger charge is 2.52. The van der Waals surface area contributed by atoms with Gasteiger partial charge in [0.05, 0.1) is 18.6 Å². The van der Waals surface area contributed by atoms with Gasteiger partial charge in [0, 0.05) is 18.3 Å². The van der Waals surface area contributed by atoms with Crippen LogP contribution in [-0.2, 0) is 20.4 Å². The Morgan fingerprint density at radius 2 is 1.97 bits per heavy atom. The molecule has 1 aromatic rings. The van der Waals surface area contributed by atoms with Gasteiger partial charge in [-0.3, -0.25) is 4.79 Å². The molecule has 1 aliphatic carbocycles. The lowest BCUT2D eigenvalue weighted by Crippen LogP contribution is -2.45. The lowest BCUT2D eigenvalue weighted by Gasteiger charge is -2.39. The van der Waals surface area contributed by atoms with Crippen molar-refractivity contribution in [2.24, 2.45) is 11.8 Å². The van der Waals surface area contributed by atoms with Crippen LogP contribution in [0, 0.1) is 11.8 Å². The van der Waals surface area contributed by atoms with Crippen molar-refractivity contribution in [1.29, 1.82) is 0 Å². The van der Waals surface area contributed by atoms with Crippen LogP contribution >= 0.6 is 0 Å². The summed E-state index contributed by atoms with van der Waals surface area (Å²) in [5.41, 5.74) is 1.23. The highest BCUT2D eigenvalue weighted by Crippen LogP contribution is 2.47. The van der Waals surface area contributed by atoms with Crippen LogP contribution in [0.15, 0.2) is 42.5 Å². The van der Waals surface area contributed by atoms with E-state index >= 15 is 0 Å². The van der Waals surface area contributed by atoms with E-state index in [1.165, 1.54) is 5.56 Å². The van der Waals surface area contributed by atoms with Crippen LogP contribution in [0.3, 0.4) is 0 Å². The molecule has 2 fully saturated rings. The fourth-order valence-corrected chi connectivity index (χ4v) is 5.52. The summed E-state index contributed by atoms with van der Waals surface area (Å²) in [5, 5.41) is 10.6. The monoisotopic (exact) mass is 416 g/mol. The van der Waals surface area contributed by atoms with Gasteiger partial charge in [-0.2, -0.15) is 0 Å². The minimum Gasteiger partial charge on any atom is -0.462 e. The zero-order valence-corrected chi connectivity index (χ0v) is 19.4. The average molecular weight is 417 g/mol. The summed E-state index contributed by atoms with van der Waals surface area (Å²) in [7, 11) is -1.93. The molecule has 5 atom stereocenters. The number of aryl methyl sites for hydroxylation is 1. The number of hydrogen-bond donors (Lipinski definition) is 1. The summed E-state index contributed by atoms with van der Waals surface area (Å²) in [5.74, 6) is 0.176. The lowest BCUT2D eigenvalue weighted by atomic mass is 9.91. The number of rotatable bonds is 7. The number of hydrogen-bond acceptors (Lipinski definition) is 4. The van der Waals surface area contributed by atoms with Crippen molar-refractivity contribution in [3.05, 3.63) is 48.0 Å². The van der Waals surface area contributed by atoms with Gasteiger partial charge in [0.15, 0.2) is 8.32 Å². The van der Waals surface area contributed by atoms with Gasteiger partial charge in [-0.15, -0.1) is 0 Å². The SMILES string of the molecule is CC(C)(C)[Si](C)(C)O[C@@H]1C[C@@H]2OC(=O)C[C@@H]2[C@H]1/C=C/[C@@H](O)CCc1ccccc1. The molecule has 1 N–H and O–H groups in total. The van der Waals surface area contributed by atoms with Crippen LogP contribution in [0.1, 0.15) is 45.6 Å². The van der Waals surface area contributed by atoms with Gasteiger partial charge < -0.3 is 14.3 Å². The van der Waals surface area contributed by atoms with Crippen LogP contribution in [0.25, 0.3) is 0 Å². The van der Waals surface area contributed by atoms with E-state index in [-0.39, 0.29) is 35.1 Å². The minimum absolute atomic E-state index is 0.0478. The molecule has 0 unspecified atom stereocenters. The first-order valence-corrected chi connectivity index (χ1v) is 13.8. The second-order valence-electron chi connectivity index (χ2n) is 10.1. The van der Waals surface area contributed by atoms with E-state index in [4.69, 9.17) is 9.16 Å². The van der Waals surface area contributed by atoms with Crippen molar-refractivity contribution in [1.82, 2.24) is 0 Å². The number of esters is 1. The zero-order valence-electron chi connectivity index (χ0n) is 18.4. The Bertz CT molecular complexity index is 722. The number of carbonyl (C=O) groups is 1. The summed E-state index contributed by atoms with van der Waals surface area (Å²) in [6.07, 6.45) is 6.25. The number of ether oxygens (including phenoxy) is 1. The summed E-state index contributed by atoms with van der Waals surface area (Å²) in [4.78, 5) is 11.8. The number of fused-ring (bicyclic) bond motifs is 1. The number of carbonyl (C=O) groups excluding carboxylic acids is 1. The van der Waals surface area contributed by atoms with E-state index in [0.29, 0.717) is 12.8 Å². The molecule has 5 heteroatoms. The quantitative estimate of drug-likeness (QED) is 0.391. The van der Waals surface area contributed by atoms with Crippen LogP contribution in [-0.4, -0.2) is 37.7 Å². The van der Waals surface area contributed by atoms with Crippen molar-refractivity contribution < 1.29 is 19.1 Å². The van der Waals surface area contributed by atoms with Crippen LogP contribution < -0.4 is 0 Å². The summed E-state index contributed by atoms with van der Waals surface area (Å²) < 4.78 is 12.3. The predicted octanol–water partition coefficient (Wildman–Crippen LogP) is 4.88. The van der Waals surface area contributed by atoms with Crippen molar-refractivity contribution >= 4 is 14.3 Å². The third kappa shape index (κ3) is 5.38. The molecule has 0 amide bonds. The maximum atomic E-state index is 11.8. The topological polar surface area (TPSA) is 55.8 Å². The summed E-state index contributed by atoms with van der Waals surface area (Å²) in [6.45, 7) is 11.3. The van der Waals surface area contributed by atoms with Gasteiger partial charge in [0.2, 0.25) is 0 Å². The molecule has 0 spiro atoms. The summed E-state index contributed by atoms with van der Waals surface area (Å²) in [6, 6.07) is 10.2. The first-order chi connectivity index (χ1) is 13.6. The Hall–Kier alpha value is -1.43. The maximum absolute atomic E-state index is 11.8. The molecule has 3 rings (SSSR count). The van der Waals surface area contributed by atoms with Crippen molar-refractivity contribution in [2.45, 2.75) is 82.9 Å². The van der Waals surface area contributed by atoms with Crippen molar-refractivity contribution in [3.63, 3.8) is 0 Å². The van der Waals surface area contributed by atoms with Crippen LogP contribution in [0.5, 0.6) is 0 Å². The zero-order chi connectivity index (χ0) is 21.2. The van der Waals surface area contributed by atoms with E-state index in [9.17, 15) is 9.90 Å². The molecule has 1 heterocycles. The average Bonchev–Trinajstić information content (AvgIpc) is 3.13. The Labute approximate surface area is 176 Å². The second kappa shape index (κ2) is 8.74. The van der Waals surface area contributed by atoms with E-state index in [0.717, 1.165) is 12.8 Å². The molecule has 2 aliphatic rings. The smallest absolute Gasteiger partial charge is 0.306 e. The van der Waals surface area contributed by atoms with E-state index in [1.807, 2.05) is 24.3 Å². The summed E-state index contributed by atoms with van der Waals surface area (Å²) >= 11 is 0. The molecule has 0 aromatic heterocycles. The molecule has 0 radical (unpaired) electrons. The van der Waals surface area contributed by atoms with E-state index < -0.39 is 14.4 Å². The maximum Gasteiger partial charge on any atom is 0.306 e. The largest absolute Gasteiger partial charge is 0.462 e. The Kier molecular flexibility index (Phi) is 6.71. The number of aliphatic hydroxyl groups excluding tert-OH is 1. The normalized spacial score (nSPS) is 28.6. The Morgan fingerprint density at radius 1 is 1.28 bits per heavy atom. The molecule has 160 valence electrons. The molecule has 1 aliphatic heterocycles. The van der Waals surface area contributed by atoms with Gasteiger partial charge in [-0.05, 0) is 36.5 Å². The van der Waals surface area contributed by atoms with Gasteiger partial charge in [-0.25, -0.2) is 0 Å². The van der Waals surface area contributed by atoms with Crippen molar-refractivity contribution in [2.75, 3.05) is 0 Å².